The van der Waals surface area contributed by atoms with Gasteiger partial charge in [-0.25, -0.2) is 18.4 Å². The highest BCUT2D eigenvalue weighted by molar-refractivity contribution is 7.91. The number of aromatic nitrogens is 6. The number of nitrogens with one attached hydrogen (secondary N) is 3. The second-order valence-electron chi connectivity index (χ2n) is 14.5. The lowest BCUT2D eigenvalue weighted by Gasteiger charge is -2.30. The molecular weight excluding hydrogens is 745 g/mol. The number of rotatable bonds is 9. The van der Waals surface area contributed by atoms with Gasteiger partial charge in [-0.3, -0.25) is 24.1 Å². The smallest absolute Gasteiger partial charge is 0.259 e. The van der Waals surface area contributed by atoms with Crippen molar-refractivity contribution in [3.63, 3.8) is 0 Å². The normalized spacial score (nSPS) is 26.5. The van der Waals surface area contributed by atoms with Gasteiger partial charge in [0.15, 0.2) is 0 Å². The first-order chi connectivity index (χ1) is 26.6. The maximum atomic E-state index is 14.7. The number of amides is 3. The molecule has 8 rings (SSSR count). The lowest BCUT2D eigenvalue weighted by Crippen LogP contribution is -2.57. The summed E-state index contributed by atoms with van der Waals surface area (Å²) in [6, 6.07) is 5.16. The second-order valence-corrected chi connectivity index (χ2v) is 17.3. The maximum absolute atomic E-state index is 14.7. The molecule has 0 unspecified atom stereocenters. The molecule has 288 valence electrons. The Morgan fingerprint density at radius 2 is 1.84 bits per heavy atom. The van der Waals surface area contributed by atoms with E-state index in [0.29, 0.717) is 47.2 Å². The number of hydrogen-bond acceptors (Lipinski definition) is 13. The number of thiazole rings is 1. The topological polar surface area (TPSA) is 203 Å². The molecule has 0 radical (unpaired) electrons. The van der Waals surface area contributed by atoms with Gasteiger partial charge in [0.25, 0.3) is 5.91 Å². The molecule has 3 amide bonds. The first kappa shape index (κ1) is 36.7. The van der Waals surface area contributed by atoms with Crippen molar-refractivity contribution in [2.75, 3.05) is 19.0 Å². The van der Waals surface area contributed by atoms with Crippen LogP contribution in [-0.4, -0.2) is 97.5 Å². The molecule has 18 heteroatoms. The van der Waals surface area contributed by atoms with Crippen LogP contribution in [0.15, 0.2) is 66.6 Å². The average molecular weight is 787 g/mol. The van der Waals surface area contributed by atoms with Gasteiger partial charge in [0.2, 0.25) is 21.8 Å². The monoisotopic (exact) mass is 786 g/mol. The zero-order valence-corrected chi connectivity index (χ0v) is 31.8. The van der Waals surface area contributed by atoms with Crippen LogP contribution in [0.5, 0.6) is 5.75 Å². The van der Waals surface area contributed by atoms with Gasteiger partial charge in [-0.1, -0.05) is 25.0 Å². The van der Waals surface area contributed by atoms with Crippen LogP contribution in [0.2, 0.25) is 0 Å². The van der Waals surface area contributed by atoms with Gasteiger partial charge in [-0.2, -0.15) is 9.90 Å². The molecule has 5 atom stereocenters. The van der Waals surface area contributed by atoms with Gasteiger partial charge < -0.3 is 20.3 Å². The first-order valence-corrected chi connectivity index (χ1v) is 21.0. The van der Waals surface area contributed by atoms with Crippen LogP contribution < -0.4 is 20.1 Å². The summed E-state index contributed by atoms with van der Waals surface area (Å²) < 4.78 is 33.4. The molecule has 16 nitrogen and oxygen atoms in total. The Labute approximate surface area is 322 Å². The highest BCUT2D eigenvalue weighted by Gasteiger charge is 2.62. The Kier molecular flexibility index (Phi) is 10.1. The molecule has 3 fully saturated rings. The molecule has 1 saturated heterocycles. The van der Waals surface area contributed by atoms with Crippen molar-refractivity contribution in [1.29, 1.82) is 0 Å². The van der Waals surface area contributed by atoms with Crippen molar-refractivity contribution in [1.82, 2.24) is 44.9 Å². The quantitative estimate of drug-likeness (QED) is 0.209. The zero-order valence-electron chi connectivity index (χ0n) is 30.2. The number of ether oxygens (including phenoxy) is 1. The van der Waals surface area contributed by atoms with Crippen molar-refractivity contribution in [3.8, 4) is 27.7 Å². The molecule has 2 aliphatic carbocycles. The third-order valence-corrected chi connectivity index (χ3v) is 13.3. The van der Waals surface area contributed by atoms with E-state index in [9.17, 15) is 22.8 Å². The highest BCUT2D eigenvalue weighted by Crippen LogP contribution is 2.46. The first-order valence-electron chi connectivity index (χ1n) is 18.5. The summed E-state index contributed by atoms with van der Waals surface area (Å²) in [5.41, 5.74) is 0.459. The van der Waals surface area contributed by atoms with Crippen molar-refractivity contribution in [2.24, 2.45) is 5.92 Å². The van der Waals surface area contributed by atoms with Crippen LogP contribution in [0.25, 0.3) is 22.0 Å². The largest absolute Gasteiger partial charge is 0.497 e. The SMILES string of the molecule is COc1ccc(-c2nn([C@@H]3C[C@H]4C(=O)N[C@]5(C(=O)NS(=O)(=O)C6CC6)C[C@H]5/C=C/CCCCC[C@@H](Nc5cnccn5)C(=O)N4C3)nc2-c2nccs2)cc1. The van der Waals surface area contributed by atoms with Gasteiger partial charge in [0.05, 0.1) is 24.6 Å². The Bertz CT molecular complexity index is 2180. The minimum atomic E-state index is -3.88. The van der Waals surface area contributed by atoms with E-state index in [1.165, 1.54) is 22.4 Å². The predicted molar refractivity (Wildman–Crippen MR) is 203 cm³/mol. The van der Waals surface area contributed by atoms with E-state index >= 15 is 0 Å². The molecule has 3 N–H and O–H groups in total. The van der Waals surface area contributed by atoms with Gasteiger partial charge in [-0.05, 0) is 62.8 Å². The third-order valence-electron chi connectivity index (χ3n) is 10.7. The molecule has 2 saturated carbocycles. The summed E-state index contributed by atoms with van der Waals surface area (Å²) in [6.45, 7) is 0.0994. The number of methoxy groups -OCH3 is 1. The molecule has 4 aliphatic rings. The molecule has 5 heterocycles. The van der Waals surface area contributed by atoms with Gasteiger partial charge in [-0.15, -0.1) is 16.4 Å². The van der Waals surface area contributed by atoms with E-state index in [2.05, 4.69) is 30.3 Å². The number of benzene rings is 1. The summed E-state index contributed by atoms with van der Waals surface area (Å²) in [7, 11) is -2.28. The summed E-state index contributed by atoms with van der Waals surface area (Å²) in [5, 5.41) is 17.9. The average Bonchev–Trinajstić information content (AvgIpc) is 3.94. The van der Waals surface area contributed by atoms with Crippen LogP contribution in [-0.2, 0) is 24.4 Å². The summed E-state index contributed by atoms with van der Waals surface area (Å²) in [4.78, 5) is 59.1. The van der Waals surface area contributed by atoms with Crippen molar-refractivity contribution in [2.45, 2.75) is 86.7 Å². The minimum absolute atomic E-state index is 0.0994. The predicted octanol–water partition coefficient (Wildman–Crippen LogP) is 3.49. The molecule has 3 aromatic heterocycles. The number of hydrogen-bond donors (Lipinski definition) is 3. The van der Waals surface area contributed by atoms with Crippen LogP contribution >= 0.6 is 11.3 Å². The Balaban J connectivity index is 1.15. The number of anilines is 1. The molecule has 1 aromatic carbocycles. The molecule has 55 heavy (non-hydrogen) atoms. The summed E-state index contributed by atoms with van der Waals surface area (Å²) in [5.74, 6) is -0.909. The van der Waals surface area contributed by atoms with E-state index in [1.54, 1.807) is 30.5 Å². The molecule has 0 spiro atoms. The number of sulfonamides is 1. The van der Waals surface area contributed by atoms with E-state index in [0.717, 1.165) is 31.2 Å². The highest BCUT2D eigenvalue weighted by atomic mass is 32.2. The number of fused-ring (bicyclic) bond motifs is 2. The minimum Gasteiger partial charge on any atom is -0.497 e. The van der Waals surface area contributed by atoms with E-state index in [-0.39, 0.29) is 25.3 Å². The standard InChI is InChI=1S/C37H42N10O6S2/c1-53-26-11-9-23(10-12-26)31-32(34-40-17-18-54-34)44-47(43-31)25-19-29-33(48)42-37(36(50)45-55(51,52)27-13-14-27)20-24(37)7-5-3-2-4-6-8-28(35(49)46(29)22-25)41-30-21-38-15-16-39-30/h5,7,9-12,15-18,21,24-25,27-29H,2-4,6,8,13-14,19-20,22H2,1H3,(H,39,41)(H,42,48)(H,45,50)/b7-5+/t24-,25-,28-,29+,37-/m1/s1. The molecule has 2 aliphatic heterocycles. The van der Waals surface area contributed by atoms with Gasteiger partial charge in [0, 0.05) is 48.4 Å². The summed E-state index contributed by atoms with van der Waals surface area (Å²) in [6.07, 6.45) is 15.2. The number of carbonyl (C=O) groups is 3. The van der Waals surface area contributed by atoms with Crippen LogP contribution in [0.3, 0.4) is 0 Å². The fraction of sp³-hybridized carbons (Fsp3) is 0.459. The van der Waals surface area contributed by atoms with Crippen LogP contribution in [0.1, 0.15) is 63.8 Å². The zero-order chi connectivity index (χ0) is 38.2. The van der Waals surface area contributed by atoms with Crippen LogP contribution in [0.4, 0.5) is 5.82 Å². The Morgan fingerprint density at radius 1 is 1.02 bits per heavy atom. The fourth-order valence-electron chi connectivity index (χ4n) is 7.41. The Morgan fingerprint density at radius 3 is 2.56 bits per heavy atom. The van der Waals surface area contributed by atoms with Gasteiger partial charge >= 0.3 is 0 Å². The van der Waals surface area contributed by atoms with Crippen molar-refractivity contribution >= 4 is 44.9 Å². The number of nitrogens with zero attached hydrogens (tertiary/aromatic N) is 7. The van der Waals surface area contributed by atoms with Crippen LogP contribution in [0, 0.1) is 5.92 Å². The molecule has 4 aromatic rings. The van der Waals surface area contributed by atoms with E-state index < -0.39 is 56.7 Å². The lowest BCUT2D eigenvalue weighted by molar-refractivity contribution is -0.140. The molecule has 0 bridgehead atoms. The third kappa shape index (κ3) is 7.69. The van der Waals surface area contributed by atoms with E-state index in [1.807, 2.05) is 41.8 Å². The van der Waals surface area contributed by atoms with Crippen molar-refractivity contribution < 1.29 is 27.5 Å². The fourth-order valence-corrected chi connectivity index (χ4v) is 9.40. The van der Waals surface area contributed by atoms with Crippen molar-refractivity contribution in [3.05, 3.63) is 66.6 Å². The second kappa shape index (κ2) is 15.1. The Hall–Kier alpha value is -5.23. The maximum Gasteiger partial charge on any atom is 0.259 e. The number of allylic oxidation sites excluding steroid dienone is 1. The summed E-state index contributed by atoms with van der Waals surface area (Å²) >= 11 is 1.42. The number of carbonyl (C=O) groups excluding carboxylic acids is 3. The van der Waals surface area contributed by atoms with E-state index in [4.69, 9.17) is 14.9 Å². The lowest BCUT2D eigenvalue weighted by atomic mass is 10.0. The molecular formula is C37H42N10O6S2. The van der Waals surface area contributed by atoms with Gasteiger partial charge in [0.1, 0.15) is 45.6 Å².